The number of benzene rings is 2. The number of hydrogen-bond donors (Lipinski definition) is 1. The first kappa shape index (κ1) is 24.4. The summed E-state index contributed by atoms with van der Waals surface area (Å²) in [6, 6.07) is 13.0. The minimum absolute atomic E-state index is 0.185. The molecule has 0 aliphatic rings. The topological polar surface area (TPSA) is 116 Å². The summed E-state index contributed by atoms with van der Waals surface area (Å²) >= 11 is 6.83. The second-order valence-electron chi connectivity index (χ2n) is 6.40. The fourth-order valence-corrected chi connectivity index (χ4v) is 3.91. The molecule has 152 valence electrons. The van der Waals surface area contributed by atoms with Gasteiger partial charge < -0.3 is 19.5 Å². The van der Waals surface area contributed by atoms with Crippen LogP contribution in [0.25, 0.3) is 0 Å². The molecule has 7 nitrogen and oxygen atoms in total. The van der Waals surface area contributed by atoms with Gasteiger partial charge in [-0.2, -0.15) is 5.26 Å². The van der Waals surface area contributed by atoms with Gasteiger partial charge in [0.25, 0.3) is 0 Å². The van der Waals surface area contributed by atoms with Crippen LogP contribution in [-0.2, 0) is 10.1 Å². The van der Waals surface area contributed by atoms with Crippen LogP contribution in [0.5, 0.6) is 5.75 Å². The van der Waals surface area contributed by atoms with Crippen molar-refractivity contribution in [1.82, 2.24) is 0 Å². The molecule has 2 aromatic rings. The predicted octanol–water partition coefficient (Wildman–Crippen LogP) is 3.36. The number of nitriles is 1. The molecule has 0 spiro atoms. The summed E-state index contributed by atoms with van der Waals surface area (Å²) in [6.07, 6.45) is 0. The van der Waals surface area contributed by atoms with Crippen molar-refractivity contribution in [3.05, 3.63) is 51.4 Å². The molecule has 28 heavy (non-hydrogen) atoms. The lowest BCUT2D eigenvalue weighted by Gasteiger charge is -2.26. The lowest BCUT2D eigenvalue weighted by molar-refractivity contribution is -0.883. The standard InChI is InChI=1S/C12H16Br2N3O.C6H6O3S/c1-17(2,4-3-15)5-6-18-12-10(13)7-9(16)8-11(12)14;7-10(8,9)6-4-2-1-3-5-6/h7-8H,4-6,16H2,1-2H3;1-5H,(H,7,8,9)/q+1;/p-1. The molecule has 0 bridgehead atoms. The molecule has 0 aliphatic heterocycles. The van der Waals surface area contributed by atoms with Crippen molar-refractivity contribution >= 4 is 47.7 Å². The molecule has 10 heteroatoms. The number of ether oxygens (including phenoxy) is 1. The first-order chi connectivity index (χ1) is 13.0. The molecule has 2 N–H and O–H groups in total. The molecule has 2 rings (SSSR count). The van der Waals surface area contributed by atoms with Crippen molar-refractivity contribution in [2.75, 3.05) is 39.5 Å². The van der Waals surface area contributed by atoms with Crippen LogP contribution in [0.2, 0.25) is 0 Å². The fraction of sp³-hybridized carbons (Fsp3) is 0.278. The lowest BCUT2D eigenvalue weighted by atomic mass is 10.3. The maximum Gasteiger partial charge on any atom is 0.166 e. The SMILES string of the molecule is C[N+](C)(CC#N)CCOc1c(Br)cc(N)cc1Br.O=S(=O)([O-])c1ccccc1. The molecule has 0 unspecified atom stereocenters. The molecule has 0 aliphatic carbocycles. The summed E-state index contributed by atoms with van der Waals surface area (Å²) in [4.78, 5) is -0.185. The van der Waals surface area contributed by atoms with E-state index in [9.17, 15) is 13.0 Å². The Balaban J connectivity index is 0.000000330. The lowest BCUT2D eigenvalue weighted by Crippen LogP contribution is -2.43. The molecule has 0 amide bonds. The smallest absolute Gasteiger partial charge is 0.166 e. The molecular weight excluding hydrogens is 514 g/mol. The zero-order chi connectivity index (χ0) is 21.4. The van der Waals surface area contributed by atoms with Crippen LogP contribution in [0.15, 0.2) is 56.3 Å². The minimum atomic E-state index is -4.25. The van der Waals surface area contributed by atoms with Crippen LogP contribution in [0.3, 0.4) is 0 Å². The average molecular weight is 535 g/mol. The summed E-state index contributed by atoms with van der Waals surface area (Å²) in [5.41, 5.74) is 6.38. The van der Waals surface area contributed by atoms with Gasteiger partial charge in [0.2, 0.25) is 0 Å². The fourth-order valence-electron chi connectivity index (χ4n) is 1.97. The van der Waals surface area contributed by atoms with Gasteiger partial charge in [-0.05, 0) is 56.1 Å². The summed E-state index contributed by atoms with van der Waals surface area (Å²) in [6.45, 7) is 1.76. The highest BCUT2D eigenvalue weighted by atomic mass is 79.9. The van der Waals surface area contributed by atoms with Crippen LogP contribution in [0, 0.1) is 11.3 Å². The number of halogens is 2. The first-order valence-electron chi connectivity index (χ1n) is 8.03. The highest BCUT2D eigenvalue weighted by Crippen LogP contribution is 2.35. The Morgan fingerprint density at radius 2 is 1.71 bits per heavy atom. The van der Waals surface area contributed by atoms with Crippen LogP contribution in [-0.4, -0.2) is 51.2 Å². The Morgan fingerprint density at radius 1 is 1.18 bits per heavy atom. The van der Waals surface area contributed by atoms with Gasteiger partial charge in [-0.25, -0.2) is 8.42 Å². The Morgan fingerprint density at radius 3 is 2.14 bits per heavy atom. The van der Waals surface area contributed by atoms with E-state index in [-0.39, 0.29) is 4.90 Å². The summed E-state index contributed by atoms with van der Waals surface area (Å²) in [7, 11) is -0.254. The molecular formula is C18H21Br2N3O4S. The second-order valence-corrected chi connectivity index (χ2v) is 9.49. The molecule has 0 saturated heterocycles. The Kier molecular flexibility index (Phi) is 9.39. The van der Waals surface area contributed by atoms with Gasteiger partial charge in [0, 0.05) is 5.69 Å². The summed E-state index contributed by atoms with van der Waals surface area (Å²) in [5.74, 6) is 0.737. The van der Waals surface area contributed by atoms with E-state index in [0.717, 1.165) is 21.2 Å². The zero-order valence-electron chi connectivity index (χ0n) is 15.4. The van der Waals surface area contributed by atoms with E-state index in [1.807, 2.05) is 14.1 Å². The van der Waals surface area contributed by atoms with Gasteiger partial charge in [0.1, 0.15) is 35.1 Å². The van der Waals surface area contributed by atoms with Crippen LogP contribution < -0.4 is 10.5 Å². The van der Waals surface area contributed by atoms with Gasteiger partial charge in [-0.3, -0.25) is 0 Å². The van der Waals surface area contributed by atoms with Gasteiger partial charge in [-0.1, -0.05) is 18.2 Å². The average Bonchev–Trinajstić information content (AvgIpc) is 2.58. The van der Waals surface area contributed by atoms with Gasteiger partial charge in [-0.15, -0.1) is 0 Å². The number of anilines is 1. The van der Waals surface area contributed by atoms with E-state index in [2.05, 4.69) is 37.9 Å². The van der Waals surface area contributed by atoms with Crippen molar-refractivity contribution in [3.8, 4) is 11.8 Å². The van der Waals surface area contributed by atoms with Crippen LogP contribution in [0.1, 0.15) is 0 Å². The Bertz CT molecular complexity index is 907. The van der Waals surface area contributed by atoms with E-state index in [4.69, 9.17) is 15.7 Å². The molecule has 0 saturated carbocycles. The molecule has 2 aromatic carbocycles. The zero-order valence-corrected chi connectivity index (χ0v) is 19.4. The third kappa shape index (κ3) is 8.58. The second kappa shape index (κ2) is 10.8. The number of quaternary nitrogens is 1. The molecule has 0 aromatic heterocycles. The third-order valence-electron chi connectivity index (χ3n) is 3.49. The number of likely N-dealkylation sites (N-methyl/N-ethyl adjacent to an activating group) is 1. The van der Waals surface area contributed by atoms with Crippen molar-refractivity contribution < 1.29 is 22.2 Å². The van der Waals surface area contributed by atoms with Gasteiger partial charge in [0.05, 0.1) is 27.9 Å². The van der Waals surface area contributed by atoms with E-state index in [1.165, 1.54) is 24.3 Å². The van der Waals surface area contributed by atoms with Crippen molar-refractivity contribution in [2.45, 2.75) is 4.90 Å². The number of hydrogen-bond acceptors (Lipinski definition) is 6. The largest absolute Gasteiger partial charge is 0.744 e. The van der Waals surface area contributed by atoms with E-state index >= 15 is 0 Å². The molecule has 0 radical (unpaired) electrons. The number of nitrogen functional groups attached to an aromatic ring is 1. The van der Waals surface area contributed by atoms with E-state index in [0.29, 0.717) is 23.3 Å². The molecule has 0 heterocycles. The Hall–Kier alpha value is -1.64. The number of nitrogens with zero attached hydrogens (tertiary/aromatic N) is 2. The summed E-state index contributed by atoms with van der Waals surface area (Å²) < 4.78 is 38.8. The third-order valence-corrected chi connectivity index (χ3v) is 5.52. The number of rotatable bonds is 6. The molecule has 0 atom stereocenters. The normalized spacial score (nSPS) is 11.1. The minimum Gasteiger partial charge on any atom is -0.744 e. The Labute approximate surface area is 182 Å². The van der Waals surface area contributed by atoms with Gasteiger partial charge >= 0.3 is 0 Å². The maximum absolute atomic E-state index is 10.3. The number of nitrogens with two attached hydrogens (primary N) is 1. The molecule has 0 fully saturated rings. The van der Waals surface area contributed by atoms with Crippen LogP contribution in [0.4, 0.5) is 5.69 Å². The predicted molar refractivity (Wildman–Crippen MR) is 114 cm³/mol. The van der Waals surface area contributed by atoms with Crippen molar-refractivity contribution in [1.29, 1.82) is 5.26 Å². The van der Waals surface area contributed by atoms with E-state index in [1.54, 1.807) is 18.2 Å². The summed E-state index contributed by atoms with van der Waals surface area (Å²) in [5, 5.41) is 8.70. The highest BCUT2D eigenvalue weighted by molar-refractivity contribution is 9.11. The van der Waals surface area contributed by atoms with E-state index < -0.39 is 10.1 Å². The quantitative estimate of drug-likeness (QED) is 0.263. The van der Waals surface area contributed by atoms with Crippen molar-refractivity contribution in [3.63, 3.8) is 0 Å². The first-order valence-corrected chi connectivity index (χ1v) is 11.0. The van der Waals surface area contributed by atoms with Crippen LogP contribution >= 0.6 is 31.9 Å². The highest BCUT2D eigenvalue weighted by Gasteiger charge is 2.15. The maximum atomic E-state index is 10.3. The van der Waals surface area contributed by atoms with Gasteiger partial charge in [0.15, 0.2) is 6.54 Å². The monoisotopic (exact) mass is 533 g/mol. The van der Waals surface area contributed by atoms with Crippen molar-refractivity contribution in [2.24, 2.45) is 0 Å².